The third-order valence-corrected chi connectivity index (χ3v) is 27.5. The Morgan fingerprint density at radius 1 is 0.170 bits per heavy atom. The van der Waals surface area contributed by atoms with Gasteiger partial charge in [-0.15, -0.1) is 0 Å². The first-order valence-electron chi connectivity index (χ1n) is 49.4. The van der Waals surface area contributed by atoms with E-state index in [1.54, 1.807) is 0 Å². The van der Waals surface area contributed by atoms with Gasteiger partial charge in [-0.25, -0.2) is 24.9 Å². The number of imidazole rings is 3. The van der Waals surface area contributed by atoms with Gasteiger partial charge in [0.2, 0.25) is 0 Å². The Labute approximate surface area is 849 Å². The smallest absolute Gasteiger partial charge is 0.137 e. The van der Waals surface area contributed by atoms with Crippen LogP contribution in [0.15, 0.2) is 486 Å². The molecule has 0 N–H and O–H groups in total. The van der Waals surface area contributed by atoms with Gasteiger partial charge in [0.25, 0.3) is 0 Å². The van der Waals surface area contributed by atoms with Crippen LogP contribution in [0.25, 0.3) is 251 Å². The van der Waals surface area contributed by atoms with E-state index >= 15 is 0 Å². The Morgan fingerprint density at radius 2 is 0.463 bits per heavy atom. The first kappa shape index (κ1) is 88.8. The minimum Gasteiger partial charge on any atom is -0.299 e. The van der Waals surface area contributed by atoms with Crippen LogP contribution in [0.2, 0.25) is 0 Å². The zero-order valence-corrected chi connectivity index (χ0v) is 80.9. The maximum absolute atomic E-state index is 5.23. The summed E-state index contributed by atoms with van der Waals surface area (Å²) in [5.41, 5.74) is 46.8. The molecule has 0 spiro atoms. The molecule has 0 atom stereocenters. The van der Waals surface area contributed by atoms with Crippen LogP contribution in [0.5, 0.6) is 0 Å². The fraction of sp³-hybridized carbons (Fsp3) is 0.0301. The number of fused-ring (bicyclic) bond motifs is 10. The molecule has 0 fully saturated rings. The Bertz CT molecular complexity index is 9670. The van der Waals surface area contributed by atoms with Crippen LogP contribution in [-0.4, -0.2) is 68.0 Å². The highest BCUT2D eigenvalue weighted by Crippen LogP contribution is 2.46. The molecule has 0 aliphatic heterocycles. The number of aryl methyl sites for hydroxylation is 4. The van der Waals surface area contributed by atoms with E-state index in [-0.39, 0.29) is 0 Å². The van der Waals surface area contributed by atoms with E-state index in [4.69, 9.17) is 49.8 Å². The van der Waals surface area contributed by atoms with Crippen molar-refractivity contribution in [3.63, 3.8) is 0 Å². The third kappa shape index (κ3) is 17.4. The fourth-order valence-corrected chi connectivity index (χ4v) is 20.6. The minimum absolute atomic E-state index is 0.860. The average molecular weight is 1890 g/mol. The molecular formula is C133H92N14. The quantitative estimate of drug-likeness (QED) is 0.0849. The molecule has 0 radical (unpaired) electrons. The number of pyridine rings is 9. The molecule has 13 aromatic heterocycles. The van der Waals surface area contributed by atoms with Crippen LogP contribution in [0.4, 0.5) is 0 Å². The third-order valence-electron chi connectivity index (χ3n) is 27.5. The lowest BCUT2D eigenvalue weighted by Gasteiger charge is -2.15. The Balaban J connectivity index is 0.000000115. The van der Waals surface area contributed by atoms with Gasteiger partial charge in [0.1, 0.15) is 16.9 Å². The minimum atomic E-state index is 0.860. The number of nitrogens with zero attached hydrogens (tertiary/aromatic N) is 14. The predicted molar refractivity (Wildman–Crippen MR) is 601 cm³/mol. The molecule has 27 aromatic rings. The van der Waals surface area contributed by atoms with Gasteiger partial charge in [-0.1, -0.05) is 285 Å². The molecule has 0 aliphatic rings. The Hall–Kier alpha value is -19.6. The van der Waals surface area contributed by atoms with Gasteiger partial charge in [-0.2, -0.15) is 0 Å². The molecule has 694 valence electrons. The maximum Gasteiger partial charge on any atom is 0.137 e. The first-order valence-corrected chi connectivity index (χ1v) is 49.4. The maximum atomic E-state index is 5.23. The number of hydrogen-bond donors (Lipinski definition) is 0. The molecule has 14 heteroatoms. The number of rotatable bonds is 16. The molecule has 0 unspecified atom stereocenters. The van der Waals surface area contributed by atoms with Crippen molar-refractivity contribution in [3.05, 3.63) is 509 Å². The average Bonchev–Trinajstić information content (AvgIpc) is 1.43. The second-order valence-electron chi connectivity index (χ2n) is 37.1. The highest BCUT2D eigenvalue weighted by molar-refractivity contribution is 6.12. The van der Waals surface area contributed by atoms with Crippen molar-refractivity contribution in [1.29, 1.82) is 0 Å². The second kappa shape index (κ2) is 38.5. The monoisotopic (exact) mass is 1880 g/mol. The van der Waals surface area contributed by atoms with Crippen molar-refractivity contribution in [2.24, 2.45) is 0 Å². The lowest BCUT2D eigenvalue weighted by atomic mass is 9.90. The zero-order valence-electron chi connectivity index (χ0n) is 80.9. The molecule has 14 nitrogen and oxygen atoms in total. The summed E-state index contributed by atoms with van der Waals surface area (Å²) in [6.45, 7) is 8.23. The summed E-state index contributed by atoms with van der Waals surface area (Å²) >= 11 is 0. The van der Waals surface area contributed by atoms with Crippen LogP contribution in [-0.2, 0) is 0 Å². The molecule has 0 bridgehead atoms. The number of benzene rings is 14. The van der Waals surface area contributed by atoms with E-state index in [0.29, 0.717) is 0 Å². The molecule has 0 aliphatic carbocycles. The standard InChI is InChI=1S/C45H30N4.2C44H31N5/c1-4-14-31(15-5-1)36-28-37(30-38(29-36)43-42(33-16-6-2-7-17-33)46-39-20-10-11-21-40(39)47-43)32-23-25-35(26-24-32)45-44(34-18-8-3-9-19-34)48-41-22-12-13-27-49(41)45;1-28-15-20-37(29(2)47-28)35-24-34(25-36(26-35)39-27-33-12-8-21-45-41(33)43-38(39)13-9-22-46-43)30-16-18-32(19-17-30)44-42(31-10-4-3-5-11-31)48-40-14-6-7-23-49(40)44;1-28-22-34(23-29(2)47-28)36-24-35(25-37(26-36)39-27-33-12-8-19-45-41(33)43-38(39)13-9-20-46-43)30-15-17-32(18-16-30)44-42(31-10-4-3-5-11-31)48-40-14-6-7-21-49(40)44/h1-30H;2*3-27H,1-2H3. The van der Waals surface area contributed by atoms with Crippen molar-refractivity contribution in [2.75, 3.05) is 0 Å². The van der Waals surface area contributed by atoms with Gasteiger partial charge < -0.3 is 0 Å². The van der Waals surface area contributed by atoms with E-state index in [9.17, 15) is 0 Å². The molecule has 0 saturated carbocycles. The summed E-state index contributed by atoms with van der Waals surface area (Å²) in [6.07, 6.45) is 13.6. The van der Waals surface area contributed by atoms with E-state index in [1.165, 1.54) is 0 Å². The molecule has 0 amide bonds. The van der Waals surface area contributed by atoms with Gasteiger partial charge in [0, 0.05) is 138 Å². The van der Waals surface area contributed by atoms with Gasteiger partial charge >= 0.3 is 0 Å². The van der Waals surface area contributed by atoms with Gasteiger partial charge in [-0.3, -0.25) is 43.1 Å². The van der Waals surface area contributed by atoms with Crippen LogP contribution in [0.3, 0.4) is 0 Å². The largest absolute Gasteiger partial charge is 0.299 e. The molecule has 14 aromatic carbocycles. The Morgan fingerprint density at radius 3 is 0.850 bits per heavy atom. The topological polar surface area (TPSA) is 155 Å². The number of para-hydroxylation sites is 2. The van der Waals surface area contributed by atoms with E-state index < -0.39 is 0 Å². The summed E-state index contributed by atoms with van der Waals surface area (Å²) in [5.74, 6) is 0. The van der Waals surface area contributed by atoms with Crippen LogP contribution in [0, 0.1) is 27.7 Å². The zero-order chi connectivity index (χ0) is 98.4. The molecular weight excluding hydrogens is 1790 g/mol. The fourth-order valence-electron chi connectivity index (χ4n) is 20.6. The van der Waals surface area contributed by atoms with Crippen LogP contribution < -0.4 is 0 Å². The summed E-state index contributed by atoms with van der Waals surface area (Å²) < 4.78 is 6.53. The van der Waals surface area contributed by atoms with E-state index in [2.05, 4.69) is 409 Å². The number of aromatic nitrogens is 14. The number of hydrogen-bond acceptors (Lipinski definition) is 11. The highest BCUT2D eigenvalue weighted by Gasteiger charge is 2.25. The van der Waals surface area contributed by atoms with Crippen molar-refractivity contribution in [3.8, 4) is 179 Å². The van der Waals surface area contributed by atoms with Gasteiger partial charge in [-0.05, 0) is 269 Å². The van der Waals surface area contributed by atoms with Crippen molar-refractivity contribution < 1.29 is 0 Å². The summed E-state index contributed by atoms with van der Waals surface area (Å²) in [5, 5.41) is 4.29. The van der Waals surface area contributed by atoms with E-state index in [0.717, 1.165) is 273 Å². The molecule has 27 rings (SSSR count). The lowest BCUT2D eigenvalue weighted by Crippen LogP contribution is -1.96. The van der Waals surface area contributed by atoms with Crippen molar-refractivity contribution >= 4 is 71.6 Å². The lowest BCUT2D eigenvalue weighted by molar-refractivity contribution is 1.12. The summed E-state index contributed by atoms with van der Waals surface area (Å²) in [6, 6.07) is 155. The first-order chi connectivity index (χ1) is 72.5. The molecule has 147 heavy (non-hydrogen) atoms. The molecule has 13 heterocycles. The Kier molecular flexibility index (Phi) is 23.2. The summed E-state index contributed by atoms with van der Waals surface area (Å²) in [4.78, 5) is 53.9. The van der Waals surface area contributed by atoms with Crippen LogP contribution in [0.1, 0.15) is 22.8 Å². The normalized spacial score (nSPS) is 11.4. The summed E-state index contributed by atoms with van der Waals surface area (Å²) in [7, 11) is 0. The molecule has 0 saturated heterocycles. The van der Waals surface area contributed by atoms with Gasteiger partial charge in [0.15, 0.2) is 0 Å². The van der Waals surface area contributed by atoms with E-state index in [1.807, 2.05) is 123 Å². The van der Waals surface area contributed by atoms with Crippen molar-refractivity contribution in [2.45, 2.75) is 27.7 Å². The predicted octanol–water partition coefficient (Wildman–Crippen LogP) is 32.8. The second-order valence-corrected chi connectivity index (χ2v) is 37.1. The van der Waals surface area contributed by atoms with Gasteiger partial charge in [0.05, 0.1) is 78.7 Å². The van der Waals surface area contributed by atoms with Crippen molar-refractivity contribution in [1.82, 2.24) is 68.0 Å². The van der Waals surface area contributed by atoms with Crippen LogP contribution >= 0.6 is 0 Å². The SMILES string of the molecule is Cc1cc(-c2cc(-c3ccc(-c4c(-c5ccccc5)nc5ccccn45)cc3)cc(-c3cc4cccnc4c4ncccc34)c2)cc(C)n1.Cc1ccc(-c2cc(-c3ccc(-c4c(-c5ccccc5)nc5ccccn45)cc3)cc(-c3cc4cccnc4c4ncccc34)c2)c(C)n1.c1ccc(-c2cc(-c3ccc(-c4c(-c5ccccc5)nc5ccccn45)cc3)cc(-c3nc4ccccc4nc3-c3ccccc3)c2)cc1. The highest BCUT2D eigenvalue weighted by atomic mass is 15.0.